The molecule has 1 aliphatic rings. The number of hydrogen-bond donors (Lipinski definition) is 0. The van der Waals surface area contributed by atoms with Gasteiger partial charge in [0.15, 0.2) is 11.6 Å². The quantitative estimate of drug-likeness (QED) is 0.118. The van der Waals surface area contributed by atoms with Gasteiger partial charge in [-0.25, -0.2) is 0 Å². The number of hydrogen-bond acceptors (Lipinski definition) is 10. The van der Waals surface area contributed by atoms with Crippen LogP contribution in [-0.4, -0.2) is 136 Å². The average Bonchev–Trinajstić information content (AvgIpc) is 3.59. The molecule has 0 aliphatic carbocycles. The van der Waals surface area contributed by atoms with Gasteiger partial charge in [0.1, 0.15) is 11.5 Å². The molecule has 0 spiro atoms. The lowest BCUT2D eigenvalue weighted by molar-refractivity contribution is -0.149. The van der Waals surface area contributed by atoms with Crippen molar-refractivity contribution < 1.29 is 42.9 Å². The van der Waals surface area contributed by atoms with Crippen LogP contribution >= 0.6 is 0 Å². The number of likely N-dealkylation sites (tertiary alicyclic amines) is 1. The van der Waals surface area contributed by atoms with E-state index < -0.39 is 42.0 Å². The van der Waals surface area contributed by atoms with E-state index in [1.807, 2.05) is 53.6 Å². The number of nitrogens with zero attached hydrogens (tertiary/aromatic N) is 3. The zero-order valence-electron chi connectivity index (χ0n) is 37.0. The van der Waals surface area contributed by atoms with E-state index in [1.165, 1.54) is 14.2 Å². The van der Waals surface area contributed by atoms with Crippen molar-refractivity contribution in [2.75, 3.05) is 56.1 Å². The summed E-state index contributed by atoms with van der Waals surface area (Å²) in [6.45, 7) is 15.9. The Labute approximate surface area is 337 Å². The van der Waals surface area contributed by atoms with Crippen molar-refractivity contribution >= 4 is 29.2 Å². The standard InChI is InChI=1S/C44H73N3O9/c1-16-28(6)41(46(11)44(52)33(26(2)3)23-36(49)40(27(4)5)45(9)10)38(55-14)24-39(50)47-25-31(53-12)22-34(47)43(56-15)30(8)35(48)21-29(7)42(51)32-19-17-18-20-37(32)54-13/h17-20,26-31,33-34,38,40-41,43H,16,21-25H2,1-15H3/t28-,29-,30-,31+,33-,34?,38+,40-,41-,43+/m0/s1. The van der Waals surface area contributed by atoms with Gasteiger partial charge in [-0.1, -0.05) is 73.9 Å². The molecule has 12 nitrogen and oxygen atoms in total. The van der Waals surface area contributed by atoms with Gasteiger partial charge in [-0.05, 0) is 50.4 Å². The molecule has 1 saturated heterocycles. The highest BCUT2D eigenvalue weighted by Gasteiger charge is 2.46. The molecule has 56 heavy (non-hydrogen) atoms. The first-order valence-corrected chi connectivity index (χ1v) is 20.3. The Morgan fingerprint density at radius 1 is 0.821 bits per heavy atom. The maximum Gasteiger partial charge on any atom is 0.226 e. The summed E-state index contributed by atoms with van der Waals surface area (Å²) in [6.07, 6.45) is -0.256. The Kier molecular flexibility index (Phi) is 19.8. The summed E-state index contributed by atoms with van der Waals surface area (Å²) in [4.78, 5) is 74.9. The van der Waals surface area contributed by atoms with Gasteiger partial charge in [0.2, 0.25) is 11.8 Å². The summed E-state index contributed by atoms with van der Waals surface area (Å²) in [5.74, 6) is -1.94. The first kappa shape index (κ1) is 49.0. The van der Waals surface area contributed by atoms with Crippen molar-refractivity contribution in [2.45, 2.75) is 124 Å². The van der Waals surface area contributed by atoms with Crippen molar-refractivity contribution in [1.29, 1.82) is 0 Å². The van der Waals surface area contributed by atoms with Crippen LogP contribution in [0.5, 0.6) is 5.75 Å². The van der Waals surface area contributed by atoms with Crippen LogP contribution in [0.2, 0.25) is 0 Å². The van der Waals surface area contributed by atoms with Gasteiger partial charge in [0.25, 0.3) is 0 Å². The van der Waals surface area contributed by atoms with Gasteiger partial charge >= 0.3 is 0 Å². The summed E-state index contributed by atoms with van der Waals surface area (Å²) in [5, 5.41) is 0. The Morgan fingerprint density at radius 2 is 1.45 bits per heavy atom. The van der Waals surface area contributed by atoms with Crippen LogP contribution < -0.4 is 4.74 Å². The fourth-order valence-electron chi connectivity index (χ4n) is 8.65. The van der Waals surface area contributed by atoms with Gasteiger partial charge in [0, 0.05) is 65.5 Å². The van der Waals surface area contributed by atoms with Crippen LogP contribution in [0, 0.1) is 35.5 Å². The Balaban J connectivity index is 2.35. The topological polar surface area (TPSA) is 132 Å². The number of para-hydroxylation sites is 1. The Morgan fingerprint density at radius 3 is 1.95 bits per heavy atom. The highest BCUT2D eigenvalue weighted by Crippen LogP contribution is 2.33. The number of rotatable bonds is 24. The number of carbonyl (C=O) groups excluding carboxylic acids is 5. The molecule has 0 saturated carbocycles. The second kappa shape index (κ2) is 22.7. The second-order valence-corrected chi connectivity index (χ2v) is 16.8. The molecule has 0 aromatic heterocycles. The predicted molar refractivity (Wildman–Crippen MR) is 219 cm³/mol. The largest absolute Gasteiger partial charge is 0.496 e. The number of ketones is 3. The fraction of sp³-hybridized carbons (Fsp3) is 0.750. The van der Waals surface area contributed by atoms with E-state index in [4.69, 9.17) is 18.9 Å². The number of amides is 2. The molecule has 0 radical (unpaired) electrons. The Bertz CT molecular complexity index is 1440. The maximum atomic E-state index is 14.4. The fourth-order valence-corrected chi connectivity index (χ4v) is 8.65. The summed E-state index contributed by atoms with van der Waals surface area (Å²) in [6, 6.07) is 5.74. The van der Waals surface area contributed by atoms with Crippen molar-refractivity contribution in [3.8, 4) is 5.75 Å². The van der Waals surface area contributed by atoms with E-state index in [-0.39, 0.29) is 78.3 Å². The first-order chi connectivity index (χ1) is 26.3. The third-order valence-corrected chi connectivity index (χ3v) is 12.1. The number of Topliss-reactive ketones (excluding diaryl/α,β-unsaturated/α-hetero) is 3. The summed E-state index contributed by atoms with van der Waals surface area (Å²) < 4.78 is 23.2. The molecule has 12 heteroatoms. The van der Waals surface area contributed by atoms with E-state index in [1.54, 1.807) is 69.2 Å². The van der Waals surface area contributed by atoms with Gasteiger partial charge in [0.05, 0.1) is 55.5 Å². The highest BCUT2D eigenvalue weighted by atomic mass is 16.5. The van der Waals surface area contributed by atoms with Gasteiger partial charge in [-0.3, -0.25) is 28.9 Å². The minimum Gasteiger partial charge on any atom is -0.496 e. The van der Waals surface area contributed by atoms with E-state index >= 15 is 0 Å². The molecule has 1 fully saturated rings. The van der Waals surface area contributed by atoms with Crippen molar-refractivity contribution in [1.82, 2.24) is 14.7 Å². The van der Waals surface area contributed by atoms with Crippen molar-refractivity contribution in [2.24, 2.45) is 35.5 Å². The average molecular weight is 788 g/mol. The minimum absolute atomic E-state index is 0.00518. The van der Waals surface area contributed by atoms with E-state index in [0.29, 0.717) is 24.3 Å². The number of likely N-dealkylation sites (N-methyl/N-ethyl adjacent to an activating group) is 2. The molecule has 1 aliphatic heterocycles. The van der Waals surface area contributed by atoms with Crippen LogP contribution in [0.25, 0.3) is 0 Å². The zero-order chi connectivity index (χ0) is 42.6. The number of benzene rings is 1. The SMILES string of the molecule is CC[C@H](C)[C@@H]([C@@H](CC(=O)N1C[C@H](OC)CC1[C@H](OC)[C@@H](C)C(=O)C[C@H](C)C(=O)c1ccccc1OC)OC)N(C)C(=O)[C@@H](CC(=O)[C@H](C(C)C)N(C)C)C(C)C. The molecule has 1 aromatic carbocycles. The number of methoxy groups -OCH3 is 4. The minimum atomic E-state index is -0.656. The first-order valence-electron chi connectivity index (χ1n) is 20.3. The molecule has 10 atom stereocenters. The number of carbonyl (C=O) groups is 5. The lowest BCUT2D eigenvalue weighted by Gasteiger charge is -2.41. The van der Waals surface area contributed by atoms with Crippen LogP contribution in [0.1, 0.15) is 97.9 Å². The van der Waals surface area contributed by atoms with E-state index in [2.05, 4.69) is 6.92 Å². The number of ether oxygens (including phenoxy) is 4. The Hall–Kier alpha value is -3.19. The molecular weight excluding hydrogens is 714 g/mol. The molecular formula is C44H73N3O9. The highest BCUT2D eigenvalue weighted by molar-refractivity contribution is 6.02. The zero-order valence-corrected chi connectivity index (χ0v) is 37.0. The summed E-state index contributed by atoms with van der Waals surface area (Å²) in [7, 11) is 11.7. The lowest BCUT2D eigenvalue weighted by atomic mass is 9.83. The molecule has 0 N–H and O–H groups in total. The van der Waals surface area contributed by atoms with Crippen molar-refractivity contribution in [3.63, 3.8) is 0 Å². The molecule has 318 valence electrons. The molecule has 2 rings (SSSR count). The van der Waals surface area contributed by atoms with Gasteiger partial charge in [-0.15, -0.1) is 0 Å². The van der Waals surface area contributed by atoms with Crippen molar-refractivity contribution in [3.05, 3.63) is 29.8 Å². The lowest BCUT2D eigenvalue weighted by Crippen LogP contribution is -2.54. The third-order valence-electron chi connectivity index (χ3n) is 12.1. The van der Waals surface area contributed by atoms with Gasteiger partial charge < -0.3 is 28.7 Å². The second-order valence-electron chi connectivity index (χ2n) is 16.8. The van der Waals surface area contributed by atoms with E-state index in [9.17, 15) is 24.0 Å². The van der Waals surface area contributed by atoms with Crippen LogP contribution in [0.4, 0.5) is 0 Å². The normalized spacial score (nSPS) is 20.3. The molecule has 0 bridgehead atoms. The monoisotopic (exact) mass is 788 g/mol. The summed E-state index contributed by atoms with van der Waals surface area (Å²) in [5.41, 5.74) is 0.426. The smallest absolute Gasteiger partial charge is 0.226 e. The van der Waals surface area contributed by atoms with Crippen LogP contribution in [0.3, 0.4) is 0 Å². The molecule has 2 amide bonds. The summed E-state index contributed by atoms with van der Waals surface area (Å²) >= 11 is 0. The van der Waals surface area contributed by atoms with Gasteiger partial charge in [-0.2, -0.15) is 0 Å². The third kappa shape index (κ3) is 12.2. The predicted octanol–water partition coefficient (Wildman–Crippen LogP) is 5.84. The molecule has 1 heterocycles. The van der Waals surface area contributed by atoms with E-state index in [0.717, 1.165) is 6.42 Å². The maximum absolute atomic E-state index is 14.4. The molecule has 1 unspecified atom stereocenters. The molecule has 1 aromatic rings. The van der Waals surface area contributed by atoms with Crippen LogP contribution in [0.15, 0.2) is 24.3 Å². The van der Waals surface area contributed by atoms with Crippen LogP contribution in [-0.2, 0) is 33.4 Å².